The van der Waals surface area contributed by atoms with Gasteiger partial charge >= 0.3 is 0 Å². The number of rotatable bonds is 4. The molecule has 2 aromatic carbocycles. The van der Waals surface area contributed by atoms with Crippen molar-refractivity contribution in [1.29, 1.82) is 0 Å². The highest BCUT2D eigenvalue weighted by Crippen LogP contribution is 2.26. The number of fused-ring (bicyclic) bond motifs is 1. The Labute approximate surface area is 133 Å². The van der Waals surface area contributed by atoms with Crippen LogP contribution in [0.5, 0.6) is 0 Å². The fraction of sp³-hybridized carbons (Fsp3) is 0.222. The smallest absolute Gasteiger partial charge is 0.134 e. The van der Waals surface area contributed by atoms with Crippen molar-refractivity contribution in [2.75, 3.05) is 0 Å². The molecule has 0 bridgehead atoms. The van der Waals surface area contributed by atoms with Gasteiger partial charge in [-0.05, 0) is 43.7 Å². The number of furan rings is 1. The quantitative estimate of drug-likeness (QED) is 0.690. The van der Waals surface area contributed by atoms with Gasteiger partial charge in [0.15, 0.2) is 0 Å². The lowest BCUT2D eigenvalue weighted by Gasteiger charge is -2.11. The van der Waals surface area contributed by atoms with Gasteiger partial charge in [0.05, 0.1) is 6.04 Å². The molecular formula is C18H18BrNO. The summed E-state index contributed by atoms with van der Waals surface area (Å²) in [7, 11) is 0. The summed E-state index contributed by atoms with van der Waals surface area (Å²) in [4.78, 5) is 0. The Morgan fingerprint density at radius 1 is 1.10 bits per heavy atom. The van der Waals surface area contributed by atoms with E-state index in [9.17, 15) is 0 Å². The molecule has 0 aliphatic carbocycles. The van der Waals surface area contributed by atoms with Crippen LogP contribution in [-0.4, -0.2) is 0 Å². The topological polar surface area (TPSA) is 25.2 Å². The lowest BCUT2D eigenvalue weighted by Crippen LogP contribution is -2.17. The minimum Gasteiger partial charge on any atom is -0.459 e. The van der Waals surface area contributed by atoms with E-state index in [0.29, 0.717) is 0 Å². The highest BCUT2D eigenvalue weighted by atomic mass is 79.9. The first kappa shape index (κ1) is 14.4. The van der Waals surface area contributed by atoms with Crippen LogP contribution in [0.1, 0.15) is 29.9 Å². The zero-order valence-corrected chi connectivity index (χ0v) is 13.8. The summed E-state index contributed by atoms with van der Waals surface area (Å²) in [6.07, 6.45) is 0. The van der Waals surface area contributed by atoms with Crippen molar-refractivity contribution in [2.24, 2.45) is 0 Å². The number of aryl methyl sites for hydroxylation is 1. The van der Waals surface area contributed by atoms with Crippen LogP contribution in [0.2, 0.25) is 0 Å². The van der Waals surface area contributed by atoms with Crippen molar-refractivity contribution in [3.8, 4) is 0 Å². The Hall–Kier alpha value is -1.58. The predicted molar refractivity (Wildman–Crippen MR) is 90.3 cm³/mol. The van der Waals surface area contributed by atoms with Gasteiger partial charge in [-0.1, -0.05) is 45.8 Å². The van der Waals surface area contributed by atoms with E-state index in [2.05, 4.69) is 71.5 Å². The zero-order valence-electron chi connectivity index (χ0n) is 12.2. The molecule has 3 heteroatoms. The summed E-state index contributed by atoms with van der Waals surface area (Å²) in [5, 5.41) is 4.63. The number of halogens is 1. The van der Waals surface area contributed by atoms with Crippen LogP contribution in [-0.2, 0) is 6.54 Å². The van der Waals surface area contributed by atoms with E-state index in [0.717, 1.165) is 27.7 Å². The molecule has 1 unspecified atom stereocenters. The molecule has 0 saturated carbocycles. The number of hydrogen-bond donors (Lipinski definition) is 1. The molecule has 0 radical (unpaired) electrons. The first-order valence-electron chi connectivity index (χ1n) is 7.10. The van der Waals surface area contributed by atoms with Gasteiger partial charge < -0.3 is 9.73 Å². The molecule has 1 atom stereocenters. The van der Waals surface area contributed by atoms with Crippen molar-refractivity contribution in [2.45, 2.75) is 26.4 Å². The predicted octanol–water partition coefficient (Wildman–Crippen LogP) is 5.35. The van der Waals surface area contributed by atoms with Gasteiger partial charge in [-0.25, -0.2) is 0 Å². The van der Waals surface area contributed by atoms with Gasteiger partial charge in [-0.3, -0.25) is 0 Å². The third kappa shape index (κ3) is 3.36. The van der Waals surface area contributed by atoms with E-state index in [4.69, 9.17) is 4.42 Å². The lowest BCUT2D eigenvalue weighted by atomic mass is 10.1. The Balaban J connectivity index is 1.71. The normalized spacial score (nSPS) is 12.7. The van der Waals surface area contributed by atoms with Gasteiger partial charge in [0, 0.05) is 16.4 Å². The largest absolute Gasteiger partial charge is 0.459 e. The van der Waals surface area contributed by atoms with E-state index in [1.165, 1.54) is 11.1 Å². The third-order valence-electron chi connectivity index (χ3n) is 3.66. The summed E-state index contributed by atoms with van der Waals surface area (Å²) in [6, 6.07) is 16.9. The molecule has 1 N–H and O–H groups in total. The minimum atomic E-state index is 0.178. The number of hydrogen-bond acceptors (Lipinski definition) is 2. The Kier molecular flexibility index (Phi) is 4.13. The van der Waals surface area contributed by atoms with E-state index in [1.807, 2.05) is 12.1 Å². The van der Waals surface area contributed by atoms with Crippen LogP contribution in [0, 0.1) is 6.92 Å². The molecule has 0 spiro atoms. The van der Waals surface area contributed by atoms with Crippen LogP contribution in [0.3, 0.4) is 0 Å². The van der Waals surface area contributed by atoms with E-state index < -0.39 is 0 Å². The van der Waals surface area contributed by atoms with Gasteiger partial charge in [0.1, 0.15) is 11.3 Å². The average Bonchev–Trinajstić information content (AvgIpc) is 2.89. The summed E-state index contributed by atoms with van der Waals surface area (Å²) in [5.74, 6) is 0.968. The van der Waals surface area contributed by atoms with E-state index in [1.54, 1.807) is 0 Å². The molecule has 0 saturated heterocycles. The Morgan fingerprint density at radius 3 is 2.62 bits per heavy atom. The van der Waals surface area contributed by atoms with Crippen molar-refractivity contribution >= 4 is 26.9 Å². The summed E-state index contributed by atoms with van der Waals surface area (Å²) < 4.78 is 6.98. The fourth-order valence-electron chi connectivity index (χ4n) is 2.33. The van der Waals surface area contributed by atoms with Crippen LogP contribution < -0.4 is 5.32 Å². The van der Waals surface area contributed by atoms with Crippen LogP contribution in [0.25, 0.3) is 11.0 Å². The Bertz CT molecular complexity index is 746. The highest BCUT2D eigenvalue weighted by Gasteiger charge is 2.11. The number of benzene rings is 2. The van der Waals surface area contributed by atoms with Crippen molar-refractivity contribution in [3.63, 3.8) is 0 Å². The van der Waals surface area contributed by atoms with Crippen molar-refractivity contribution in [1.82, 2.24) is 5.32 Å². The molecule has 3 aromatic rings. The van der Waals surface area contributed by atoms with Gasteiger partial charge in [0.25, 0.3) is 0 Å². The molecule has 1 aromatic heterocycles. The molecule has 1 heterocycles. The summed E-state index contributed by atoms with van der Waals surface area (Å²) >= 11 is 3.49. The second-order valence-corrected chi connectivity index (χ2v) is 6.33. The van der Waals surface area contributed by atoms with Gasteiger partial charge in [-0.15, -0.1) is 0 Å². The fourth-order valence-corrected chi connectivity index (χ4v) is 2.70. The molecule has 0 amide bonds. The number of nitrogens with one attached hydrogen (secondary N) is 1. The van der Waals surface area contributed by atoms with Crippen LogP contribution in [0.15, 0.2) is 57.4 Å². The SMILES string of the molecule is Cc1ccc(CNC(C)c2cc3cc(Br)ccc3o2)cc1. The van der Waals surface area contributed by atoms with Crippen LogP contribution in [0.4, 0.5) is 0 Å². The maximum Gasteiger partial charge on any atom is 0.134 e. The van der Waals surface area contributed by atoms with Crippen molar-refractivity contribution in [3.05, 3.63) is 69.9 Å². The van der Waals surface area contributed by atoms with Crippen molar-refractivity contribution < 1.29 is 4.42 Å². The third-order valence-corrected chi connectivity index (χ3v) is 4.15. The van der Waals surface area contributed by atoms with Gasteiger partial charge in [0.2, 0.25) is 0 Å². The monoisotopic (exact) mass is 343 g/mol. The highest BCUT2D eigenvalue weighted by molar-refractivity contribution is 9.10. The molecule has 21 heavy (non-hydrogen) atoms. The maximum atomic E-state index is 5.91. The Morgan fingerprint density at radius 2 is 1.86 bits per heavy atom. The van der Waals surface area contributed by atoms with Crippen LogP contribution >= 0.6 is 15.9 Å². The maximum absolute atomic E-state index is 5.91. The molecule has 108 valence electrons. The van der Waals surface area contributed by atoms with E-state index >= 15 is 0 Å². The second-order valence-electron chi connectivity index (χ2n) is 5.42. The zero-order chi connectivity index (χ0) is 14.8. The lowest BCUT2D eigenvalue weighted by molar-refractivity contribution is 0.451. The van der Waals surface area contributed by atoms with Gasteiger partial charge in [-0.2, -0.15) is 0 Å². The molecule has 2 nitrogen and oxygen atoms in total. The molecule has 3 rings (SSSR count). The molecule has 0 fully saturated rings. The standard InChI is InChI=1S/C18H18BrNO/c1-12-3-5-14(6-4-12)11-20-13(2)18-10-15-9-16(19)7-8-17(15)21-18/h3-10,13,20H,11H2,1-2H3. The minimum absolute atomic E-state index is 0.178. The van der Waals surface area contributed by atoms with E-state index in [-0.39, 0.29) is 6.04 Å². The first-order chi connectivity index (χ1) is 10.1. The summed E-state index contributed by atoms with van der Waals surface area (Å²) in [6.45, 7) is 5.06. The molecular weight excluding hydrogens is 326 g/mol. The molecule has 0 aliphatic heterocycles. The molecule has 0 aliphatic rings. The summed E-state index contributed by atoms with van der Waals surface area (Å²) in [5.41, 5.74) is 3.50. The average molecular weight is 344 g/mol. The second kappa shape index (κ2) is 6.04. The first-order valence-corrected chi connectivity index (χ1v) is 7.89.